The second-order valence-corrected chi connectivity index (χ2v) is 5.08. The second kappa shape index (κ2) is 4.94. The molecule has 1 atom stereocenters. The summed E-state index contributed by atoms with van der Waals surface area (Å²) in [7, 11) is 2.06. The highest BCUT2D eigenvalue weighted by molar-refractivity contribution is 5.20. The van der Waals surface area contributed by atoms with Gasteiger partial charge in [0.1, 0.15) is 0 Å². The highest BCUT2D eigenvalue weighted by Crippen LogP contribution is 2.40. The van der Waals surface area contributed by atoms with Gasteiger partial charge < -0.3 is 9.88 Å². The minimum absolute atomic E-state index is 0.531. The molecule has 0 saturated heterocycles. The van der Waals surface area contributed by atoms with E-state index in [1.54, 1.807) is 0 Å². The first-order chi connectivity index (χ1) is 8.86. The molecule has 1 aliphatic carbocycles. The zero-order chi connectivity index (χ0) is 12.4. The molecule has 0 radical (unpaired) electrons. The molecule has 1 unspecified atom stereocenters. The van der Waals surface area contributed by atoms with Crippen LogP contribution in [-0.4, -0.2) is 16.6 Å². The lowest BCUT2D eigenvalue weighted by Crippen LogP contribution is -2.17. The van der Waals surface area contributed by atoms with E-state index in [1.807, 2.05) is 12.4 Å². The number of pyridine rings is 1. The van der Waals surface area contributed by atoms with Crippen molar-refractivity contribution in [3.8, 4) is 0 Å². The van der Waals surface area contributed by atoms with Crippen LogP contribution in [-0.2, 0) is 6.54 Å². The van der Waals surface area contributed by atoms with E-state index in [9.17, 15) is 0 Å². The summed E-state index contributed by atoms with van der Waals surface area (Å²) in [6.45, 7) is 0.920. The van der Waals surface area contributed by atoms with Crippen molar-refractivity contribution < 1.29 is 0 Å². The lowest BCUT2D eigenvalue weighted by atomic mass is 10.1. The summed E-state index contributed by atoms with van der Waals surface area (Å²) < 4.78 is 2.25. The molecule has 0 aliphatic heterocycles. The molecular formula is C15H19N3. The summed E-state index contributed by atoms with van der Waals surface area (Å²) in [5, 5.41) is 3.43. The van der Waals surface area contributed by atoms with E-state index >= 15 is 0 Å². The van der Waals surface area contributed by atoms with Gasteiger partial charge in [-0.05, 0) is 55.1 Å². The summed E-state index contributed by atoms with van der Waals surface area (Å²) in [6, 6.07) is 6.90. The predicted octanol–water partition coefficient (Wildman–Crippen LogP) is 2.60. The molecule has 1 aliphatic rings. The molecule has 2 heterocycles. The van der Waals surface area contributed by atoms with E-state index in [4.69, 9.17) is 0 Å². The summed E-state index contributed by atoms with van der Waals surface area (Å²) in [5.74, 6) is 0.840. The standard InChI is InChI=1S/C15H19N3/c1-16-15(13-2-3-13)14-6-9-18(11-14)10-12-4-7-17-8-5-12/h4-9,11,13,15-16H,2-3,10H2,1H3. The first-order valence-electron chi connectivity index (χ1n) is 6.58. The Bertz CT molecular complexity index is 499. The maximum absolute atomic E-state index is 4.05. The van der Waals surface area contributed by atoms with Crippen molar-refractivity contribution in [3.63, 3.8) is 0 Å². The van der Waals surface area contributed by atoms with E-state index in [0.717, 1.165) is 12.5 Å². The zero-order valence-electron chi connectivity index (χ0n) is 10.7. The molecular weight excluding hydrogens is 222 g/mol. The van der Waals surface area contributed by atoms with Crippen LogP contribution in [0.15, 0.2) is 43.0 Å². The van der Waals surface area contributed by atoms with Gasteiger partial charge in [-0.15, -0.1) is 0 Å². The second-order valence-electron chi connectivity index (χ2n) is 5.08. The van der Waals surface area contributed by atoms with E-state index in [1.165, 1.54) is 24.0 Å². The van der Waals surface area contributed by atoms with Crippen LogP contribution in [0.25, 0.3) is 0 Å². The monoisotopic (exact) mass is 241 g/mol. The lowest BCUT2D eigenvalue weighted by Gasteiger charge is -2.13. The van der Waals surface area contributed by atoms with Gasteiger partial charge >= 0.3 is 0 Å². The van der Waals surface area contributed by atoms with E-state index in [0.29, 0.717) is 6.04 Å². The number of aromatic nitrogens is 2. The Balaban J connectivity index is 1.73. The van der Waals surface area contributed by atoms with Crippen molar-refractivity contribution in [2.75, 3.05) is 7.05 Å². The zero-order valence-corrected chi connectivity index (χ0v) is 10.7. The molecule has 1 fully saturated rings. The van der Waals surface area contributed by atoms with Gasteiger partial charge in [-0.1, -0.05) is 0 Å². The first kappa shape index (κ1) is 11.5. The SMILES string of the molecule is CNC(c1ccn(Cc2ccncc2)c1)C1CC1. The molecule has 0 aromatic carbocycles. The molecule has 2 aromatic heterocycles. The number of hydrogen-bond acceptors (Lipinski definition) is 2. The third-order valence-electron chi connectivity index (χ3n) is 3.65. The average molecular weight is 241 g/mol. The third kappa shape index (κ3) is 2.46. The average Bonchev–Trinajstić information content (AvgIpc) is 3.13. The third-order valence-corrected chi connectivity index (χ3v) is 3.65. The van der Waals surface area contributed by atoms with Gasteiger partial charge in [0.15, 0.2) is 0 Å². The summed E-state index contributed by atoms with van der Waals surface area (Å²) in [4.78, 5) is 4.05. The molecule has 0 bridgehead atoms. The van der Waals surface area contributed by atoms with Crippen molar-refractivity contribution in [2.24, 2.45) is 5.92 Å². The van der Waals surface area contributed by atoms with Crippen molar-refractivity contribution in [2.45, 2.75) is 25.4 Å². The predicted molar refractivity (Wildman–Crippen MR) is 72.3 cm³/mol. The summed E-state index contributed by atoms with van der Waals surface area (Å²) in [6.07, 6.45) is 10.9. The fourth-order valence-electron chi connectivity index (χ4n) is 2.54. The van der Waals surface area contributed by atoms with Crippen LogP contribution < -0.4 is 5.32 Å². The number of nitrogens with zero attached hydrogens (tertiary/aromatic N) is 2. The van der Waals surface area contributed by atoms with Crippen LogP contribution in [0.5, 0.6) is 0 Å². The highest BCUT2D eigenvalue weighted by atomic mass is 15.0. The quantitative estimate of drug-likeness (QED) is 0.872. The first-order valence-corrected chi connectivity index (χ1v) is 6.58. The molecule has 1 saturated carbocycles. The van der Waals surface area contributed by atoms with Crippen molar-refractivity contribution in [1.29, 1.82) is 0 Å². The number of rotatable bonds is 5. The van der Waals surface area contributed by atoms with E-state index in [-0.39, 0.29) is 0 Å². The Hall–Kier alpha value is -1.61. The van der Waals surface area contributed by atoms with Crippen LogP contribution in [0.3, 0.4) is 0 Å². The molecule has 3 nitrogen and oxygen atoms in total. The van der Waals surface area contributed by atoms with Gasteiger partial charge in [-0.25, -0.2) is 0 Å². The van der Waals surface area contributed by atoms with Gasteiger partial charge in [0.05, 0.1) is 0 Å². The molecule has 3 rings (SSSR count). The fourth-order valence-corrected chi connectivity index (χ4v) is 2.54. The topological polar surface area (TPSA) is 29.9 Å². The Morgan fingerprint density at radius 1 is 1.33 bits per heavy atom. The normalized spacial score (nSPS) is 16.7. The van der Waals surface area contributed by atoms with Crippen LogP contribution in [0.2, 0.25) is 0 Å². The van der Waals surface area contributed by atoms with Crippen LogP contribution in [0.4, 0.5) is 0 Å². The summed E-state index contributed by atoms with van der Waals surface area (Å²) in [5.41, 5.74) is 2.70. The smallest absolute Gasteiger partial charge is 0.0471 e. The largest absolute Gasteiger partial charge is 0.350 e. The van der Waals surface area contributed by atoms with Gasteiger partial charge in [0, 0.05) is 37.4 Å². The molecule has 18 heavy (non-hydrogen) atoms. The van der Waals surface area contributed by atoms with Gasteiger partial charge in [-0.3, -0.25) is 4.98 Å². The lowest BCUT2D eigenvalue weighted by molar-refractivity contribution is 0.528. The fraction of sp³-hybridized carbons (Fsp3) is 0.400. The molecule has 0 spiro atoms. The molecule has 94 valence electrons. The Labute approximate surface area is 108 Å². The Morgan fingerprint density at radius 2 is 2.11 bits per heavy atom. The number of nitrogens with one attached hydrogen (secondary N) is 1. The molecule has 1 N–H and O–H groups in total. The molecule has 2 aromatic rings. The Morgan fingerprint density at radius 3 is 2.78 bits per heavy atom. The minimum Gasteiger partial charge on any atom is -0.350 e. The van der Waals surface area contributed by atoms with Crippen LogP contribution in [0.1, 0.15) is 30.0 Å². The van der Waals surface area contributed by atoms with E-state index < -0.39 is 0 Å². The molecule has 3 heteroatoms. The summed E-state index contributed by atoms with van der Waals surface area (Å²) >= 11 is 0. The van der Waals surface area contributed by atoms with E-state index in [2.05, 4.69) is 52.5 Å². The molecule has 0 amide bonds. The van der Waals surface area contributed by atoms with Crippen LogP contribution >= 0.6 is 0 Å². The van der Waals surface area contributed by atoms with Gasteiger partial charge in [0.2, 0.25) is 0 Å². The highest BCUT2D eigenvalue weighted by Gasteiger charge is 2.31. The maximum atomic E-state index is 4.05. The van der Waals surface area contributed by atoms with Crippen molar-refractivity contribution >= 4 is 0 Å². The van der Waals surface area contributed by atoms with Gasteiger partial charge in [-0.2, -0.15) is 0 Å². The Kier molecular flexibility index (Phi) is 3.15. The maximum Gasteiger partial charge on any atom is 0.0471 e. The van der Waals surface area contributed by atoms with Gasteiger partial charge in [0.25, 0.3) is 0 Å². The minimum atomic E-state index is 0.531. The van der Waals surface area contributed by atoms with Crippen molar-refractivity contribution in [3.05, 3.63) is 54.1 Å². The van der Waals surface area contributed by atoms with Crippen molar-refractivity contribution in [1.82, 2.24) is 14.9 Å². The van der Waals surface area contributed by atoms with Crippen LogP contribution in [0, 0.1) is 5.92 Å². The number of hydrogen-bond donors (Lipinski definition) is 1.